The van der Waals surface area contributed by atoms with E-state index in [1.165, 1.54) is 12.1 Å². The zero-order chi connectivity index (χ0) is 14.7. The van der Waals surface area contributed by atoms with Crippen LogP contribution in [0.25, 0.3) is 0 Å². The highest BCUT2D eigenvalue weighted by molar-refractivity contribution is 6.30. The highest BCUT2D eigenvalue weighted by Crippen LogP contribution is 2.11. The molecular weight excluding hydrogens is 284 g/mol. The molecule has 0 saturated carbocycles. The topological polar surface area (TPSA) is 82.2 Å². The van der Waals surface area contributed by atoms with Crippen LogP contribution in [0.3, 0.4) is 0 Å². The van der Waals surface area contributed by atoms with Crippen molar-refractivity contribution in [2.24, 2.45) is 0 Å². The van der Waals surface area contributed by atoms with E-state index in [0.717, 1.165) is 22.9 Å². The minimum Gasteiger partial charge on any atom is -0.301 e. The van der Waals surface area contributed by atoms with Crippen LogP contribution in [0.4, 0.5) is 5.69 Å². The number of nitrogens with zero attached hydrogens (tertiary/aromatic N) is 2. The number of rotatable bonds is 4. The Morgan fingerprint density at radius 3 is 2.45 bits per heavy atom. The molecule has 0 radical (unpaired) electrons. The van der Waals surface area contributed by atoms with E-state index in [9.17, 15) is 19.7 Å². The predicted molar refractivity (Wildman–Crippen MR) is 73.1 cm³/mol. The number of aromatic nitrogens is 1. The highest BCUT2D eigenvalue weighted by Gasteiger charge is 2.12. The van der Waals surface area contributed by atoms with Crippen LogP contribution in [-0.4, -0.2) is 15.3 Å². The lowest BCUT2D eigenvalue weighted by atomic mass is 10.1. The quantitative estimate of drug-likeness (QED) is 0.492. The molecule has 2 aromatic rings. The van der Waals surface area contributed by atoms with E-state index >= 15 is 0 Å². The van der Waals surface area contributed by atoms with E-state index in [4.69, 9.17) is 11.6 Å². The number of hydrogen-bond donors (Lipinski definition) is 0. The first-order chi connectivity index (χ1) is 9.47. The second-order valence-electron chi connectivity index (χ2n) is 4.04. The van der Waals surface area contributed by atoms with Gasteiger partial charge in [0, 0.05) is 22.7 Å². The largest absolute Gasteiger partial charge is 0.301 e. The minimum absolute atomic E-state index is 0.242. The normalized spacial score (nSPS) is 10.2. The molecule has 0 aliphatic heterocycles. The van der Waals surface area contributed by atoms with Crippen LogP contribution >= 0.6 is 11.6 Å². The van der Waals surface area contributed by atoms with Crippen LogP contribution in [0.15, 0.2) is 47.4 Å². The summed E-state index contributed by atoms with van der Waals surface area (Å²) in [5, 5.41) is 11.1. The molecule has 0 fully saturated rings. The summed E-state index contributed by atoms with van der Waals surface area (Å²) in [5.41, 5.74) is -0.334. The maximum atomic E-state index is 12.0. The molecule has 102 valence electrons. The summed E-state index contributed by atoms with van der Waals surface area (Å²) in [6.45, 7) is -0.262. The molecule has 6 nitrogen and oxygen atoms in total. The van der Waals surface area contributed by atoms with Gasteiger partial charge < -0.3 is 4.57 Å². The van der Waals surface area contributed by atoms with Gasteiger partial charge in [-0.1, -0.05) is 11.6 Å². The monoisotopic (exact) mass is 292 g/mol. The van der Waals surface area contributed by atoms with Crippen molar-refractivity contribution in [3.8, 4) is 0 Å². The molecule has 0 spiro atoms. The maximum absolute atomic E-state index is 12.0. The number of hydrogen-bond acceptors (Lipinski definition) is 4. The van der Waals surface area contributed by atoms with Crippen molar-refractivity contribution >= 4 is 23.1 Å². The fraction of sp³-hybridized carbons (Fsp3) is 0.0769. The van der Waals surface area contributed by atoms with E-state index in [1.54, 1.807) is 12.1 Å². The summed E-state index contributed by atoms with van der Waals surface area (Å²) in [6.07, 6.45) is 1.05. The average Bonchev–Trinajstić information content (AvgIpc) is 2.41. The molecule has 7 heteroatoms. The molecule has 0 saturated heterocycles. The molecule has 1 heterocycles. The minimum atomic E-state index is -0.622. The summed E-state index contributed by atoms with van der Waals surface area (Å²) in [5.74, 6) is -0.329. The molecule has 0 atom stereocenters. The van der Waals surface area contributed by atoms with E-state index in [-0.39, 0.29) is 18.0 Å². The third kappa shape index (κ3) is 3.10. The van der Waals surface area contributed by atoms with Gasteiger partial charge in [-0.2, -0.15) is 0 Å². The van der Waals surface area contributed by atoms with Gasteiger partial charge in [0.2, 0.25) is 0 Å². The van der Waals surface area contributed by atoms with Crippen LogP contribution in [0.5, 0.6) is 0 Å². The fourth-order valence-electron chi connectivity index (χ4n) is 1.63. The number of carbonyl (C=O) groups excluding carboxylic acids is 1. The van der Waals surface area contributed by atoms with Gasteiger partial charge in [-0.15, -0.1) is 0 Å². The molecule has 0 amide bonds. The molecular formula is C13H9ClN2O4. The van der Waals surface area contributed by atoms with E-state index < -0.39 is 10.5 Å². The lowest BCUT2D eigenvalue weighted by Gasteiger charge is -2.04. The van der Waals surface area contributed by atoms with Gasteiger partial charge in [0.25, 0.3) is 11.2 Å². The Morgan fingerprint density at radius 1 is 1.20 bits per heavy atom. The lowest BCUT2D eigenvalue weighted by Crippen LogP contribution is -2.23. The molecule has 1 aromatic heterocycles. The third-order valence-electron chi connectivity index (χ3n) is 2.66. The highest BCUT2D eigenvalue weighted by atomic mass is 35.5. The Labute approximate surface area is 118 Å². The summed E-state index contributed by atoms with van der Waals surface area (Å²) >= 11 is 5.72. The molecule has 0 bridgehead atoms. The summed E-state index contributed by atoms with van der Waals surface area (Å²) < 4.78 is 1.01. The molecule has 0 aliphatic carbocycles. The second kappa shape index (κ2) is 5.66. The summed E-state index contributed by atoms with van der Waals surface area (Å²) in [6, 6.07) is 8.36. The average molecular weight is 293 g/mol. The van der Waals surface area contributed by atoms with Gasteiger partial charge in [-0.3, -0.25) is 19.7 Å². The fourth-order valence-corrected chi connectivity index (χ4v) is 1.76. The molecule has 0 unspecified atom stereocenters. The Bertz CT molecular complexity index is 722. The van der Waals surface area contributed by atoms with Crippen LogP contribution in [0.1, 0.15) is 10.4 Å². The first-order valence-electron chi connectivity index (χ1n) is 5.61. The molecule has 0 N–H and O–H groups in total. The van der Waals surface area contributed by atoms with Crippen LogP contribution in [-0.2, 0) is 6.54 Å². The Hall–Kier alpha value is -2.47. The number of halogens is 1. The van der Waals surface area contributed by atoms with E-state index in [2.05, 4.69) is 0 Å². The molecule has 20 heavy (non-hydrogen) atoms. The smallest absolute Gasteiger partial charge is 0.285 e. The standard InChI is InChI=1S/C13H9ClN2O4/c14-10-3-1-9(2-4-10)12(17)8-15-7-11(16(19)20)5-6-13(15)18/h1-7H,8H2. The van der Waals surface area contributed by atoms with E-state index in [0.29, 0.717) is 10.6 Å². The van der Waals surface area contributed by atoms with Gasteiger partial charge in [0.1, 0.15) is 0 Å². The summed E-state index contributed by atoms with van der Waals surface area (Å²) in [4.78, 5) is 33.6. The first kappa shape index (κ1) is 14.0. The maximum Gasteiger partial charge on any atom is 0.285 e. The number of Topliss-reactive ketones (excluding diaryl/α,β-unsaturated/α-hetero) is 1. The van der Waals surface area contributed by atoms with Gasteiger partial charge in [0.05, 0.1) is 17.7 Å². The number of ketones is 1. The Morgan fingerprint density at radius 2 is 1.85 bits per heavy atom. The molecule has 2 rings (SSSR count). The van der Waals surface area contributed by atoms with Crippen molar-refractivity contribution in [2.75, 3.05) is 0 Å². The predicted octanol–water partition coefficient (Wildman–Crippen LogP) is 2.29. The van der Waals surface area contributed by atoms with Crippen LogP contribution in [0.2, 0.25) is 5.02 Å². The van der Waals surface area contributed by atoms with Gasteiger partial charge in [0.15, 0.2) is 5.78 Å². The number of nitro groups is 1. The van der Waals surface area contributed by atoms with Gasteiger partial charge in [-0.05, 0) is 24.3 Å². The Balaban J connectivity index is 2.27. The lowest BCUT2D eigenvalue weighted by molar-refractivity contribution is -0.385. The van der Waals surface area contributed by atoms with Crippen molar-refractivity contribution in [2.45, 2.75) is 6.54 Å². The van der Waals surface area contributed by atoms with Crippen molar-refractivity contribution in [3.63, 3.8) is 0 Å². The molecule has 1 aromatic carbocycles. The van der Waals surface area contributed by atoms with Crippen molar-refractivity contribution < 1.29 is 9.72 Å². The van der Waals surface area contributed by atoms with Crippen LogP contribution < -0.4 is 5.56 Å². The SMILES string of the molecule is O=C(Cn1cc([N+](=O)[O-])ccc1=O)c1ccc(Cl)cc1. The number of benzene rings is 1. The third-order valence-corrected chi connectivity index (χ3v) is 2.91. The van der Waals surface area contributed by atoms with Crippen molar-refractivity contribution in [1.82, 2.24) is 4.57 Å². The first-order valence-corrected chi connectivity index (χ1v) is 5.99. The van der Waals surface area contributed by atoms with Crippen molar-refractivity contribution in [3.05, 3.63) is 73.6 Å². The van der Waals surface area contributed by atoms with Crippen LogP contribution in [0, 0.1) is 10.1 Å². The van der Waals surface area contributed by atoms with E-state index in [1.807, 2.05) is 0 Å². The van der Waals surface area contributed by atoms with Gasteiger partial charge >= 0.3 is 0 Å². The zero-order valence-corrected chi connectivity index (χ0v) is 10.9. The molecule has 0 aliphatic rings. The number of carbonyl (C=O) groups is 1. The number of pyridine rings is 1. The summed E-state index contributed by atoms with van der Waals surface area (Å²) in [7, 11) is 0. The van der Waals surface area contributed by atoms with Crippen molar-refractivity contribution in [1.29, 1.82) is 0 Å². The zero-order valence-electron chi connectivity index (χ0n) is 10.2. The van der Waals surface area contributed by atoms with Gasteiger partial charge in [-0.25, -0.2) is 0 Å². The Kier molecular flexibility index (Phi) is 3.95. The second-order valence-corrected chi connectivity index (χ2v) is 4.48.